The Balaban J connectivity index is 2.42. The number of hydrogen-bond donors (Lipinski definition) is 1. The van der Waals surface area contributed by atoms with E-state index in [2.05, 4.69) is 4.72 Å². The average Bonchev–Trinajstić information content (AvgIpc) is 2.38. The first-order chi connectivity index (χ1) is 7.61. The molecule has 0 radical (unpaired) electrons. The molecule has 0 saturated carbocycles. The molecule has 1 fully saturated rings. The van der Waals surface area contributed by atoms with Crippen LogP contribution in [0, 0.1) is 0 Å². The van der Waals surface area contributed by atoms with Crippen molar-refractivity contribution < 1.29 is 13.2 Å². The van der Waals surface area contributed by atoms with Gasteiger partial charge in [0.2, 0.25) is 10.0 Å². The van der Waals surface area contributed by atoms with Gasteiger partial charge in [0.15, 0.2) is 0 Å². The lowest BCUT2D eigenvalue weighted by Crippen LogP contribution is -2.31. The van der Waals surface area contributed by atoms with Crippen molar-refractivity contribution in [2.75, 3.05) is 13.2 Å². The molecule has 1 saturated heterocycles. The van der Waals surface area contributed by atoms with Gasteiger partial charge in [-0.2, -0.15) is 0 Å². The molecule has 1 N–H and O–H groups in total. The Morgan fingerprint density at radius 3 is 2.69 bits per heavy atom. The van der Waals surface area contributed by atoms with Gasteiger partial charge in [-0.25, -0.2) is 13.1 Å². The van der Waals surface area contributed by atoms with E-state index in [0.29, 0.717) is 13.2 Å². The number of rotatable bonds is 1. The fraction of sp³-hybridized carbons (Fsp3) is 0.455. The maximum absolute atomic E-state index is 12.0. The van der Waals surface area contributed by atoms with E-state index in [4.69, 9.17) is 4.74 Å². The van der Waals surface area contributed by atoms with E-state index in [0.717, 1.165) is 5.56 Å². The van der Waals surface area contributed by atoms with Crippen LogP contribution in [0.25, 0.3) is 0 Å². The third-order valence-electron chi connectivity index (χ3n) is 2.67. The molecule has 2 rings (SSSR count). The maximum atomic E-state index is 12.0. The zero-order valence-corrected chi connectivity index (χ0v) is 9.91. The largest absolute Gasteiger partial charge is 0.375 e. The number of ether oxygens (including phenoxy) is 1. The molecule has 1 aliphatic heterocycles. The Labute approximate surface area is 95.7 Å². The molecule has 4 nitrogen and oxygen atoms in total. The van der Waals surface area contributed by atoms with Gasteiger partial charge in [0.05, 0.1) is 12.7 Å². The minimum atomic E-state index is -3.34. The summed E-state index contributed by atoms with van der Waals surface area (Å²) < 4.78 is 32.1. The summed E-state index contributed by atoms with van der Waals surface area (Å²) in [7, 11) is -3.34. The van der Waals surface area contributed by atoms with Gasteiger partial charge in [0, 0.05) is 6.54 Å². The van der Waals surface area contributed by atoms with Gasteiger partial charge in [0.1, 0.15) is 5.25 Å². The predicted octanol–water partition coefficient (Wildman–Crippen LogP) is 1.07. The second-order valence-electron chi connectivity index (χ2n) is 3.85. The number of sulfonamides is 1. The lowest BCUT2D eigenvalue weighted by Gasteiger charge is -2.20. The molecule has 1 aromatic rings. The second kappa shape index (κ2) is 4.53. The second-order valence-corrected chi connectivity index (χ2v) is 5.73. The highest BCUT2D eigenvalue weighted by Gasteiger charge is 2.34. The molecule has 0 bridgehead atoms. The van der Waals surface area contributed by atoms with Gasteiger partial charge in [-0.05, 0) is 12.5 Å². The first-order valence-electron chi connectivity index (χ1n) is 5.26. The molecule has 0 unspecified atom stereocenters. The molecule has 1 aliphatic rings. The van der Waals surface area contributed by atoms with Crippen LogP contribution in [0.3, 0.4) is 0 Å². The molecule has 16 heavy (non-hydrogen) atoms. The lowest BCUT2D eigenvalue weighted by molar-refractivity contribution is 0.0725. The summed E-state index contributed by atoms with van der Waals surface area (Å²) in [5, 5.41) is -0.629. The SMILES string of the molecule is C[C@@H]1OCCNS(=O)(=O)[C@H]1c1ccccc1. The zero-order chi connectivity index (χ0) is 11.6. The third-order valence-corrected chi connectivity index (χ3v) is 4.61. The van der Waals surface area contributed by atoms with Crippen molar-refractivity contribution in [2.45, 2.75) is 18.3 Å². The molecule has 5 heteroatoms. The van der Waals surface area contributed by atoms with Crippen LogP contribution in [-0.2, 0) is 14.8 Å². The molecule has 0 spiro atoms. The summed E-state index contributed by atoms with van der Waals surface area (Å²) in [6.07, 6.45) is -0.331. The average molecular weight is 241 g/mol. The maximum Gasteiger partial charge on any atom is 0.221 e. The molecule has 1 aromatic carbocycles. The van der Waals surface area contributed by atoms with Gasteiger partial charge in [0.25, 0.3) is 0 Å². The van der Waals surface area contributed by atoms with Crippen molar-refractivity contribution in [3.63, 3.8) is 0 Å². The van der Waals surface area contributed by atoms with Gasteiger partial charge >= 0.3 is 0 Å². The Kier molecular flexibility index (Phi) is 3.28. The Morgan fingerprint density at radius 2 is 2.00 bits per heavy atom. The normalized spacial score (nSPS) is 29.6. The molecular formula is C11H15NO3S. The van der Waals surface area contributed by atoms with Gasteiger partial charge < -0.3 is 4.74 Å². The summed E-state index contributed by atoms with van der Waals surface area (Å²) in [6, 6.07) is 9.17. The van der Waals surface area contributed by atoms with E-state index in [1.165, 1.54) is 0 Å². The van der Waals surface area contributed by atoms with E-state index in [9.17, 15) is 8.42 Å². The molecular weight excluding hydrogens is 226 g/mol. The molecule has 1 heterocycles. The van der Waals surface area contributed by atoms with Gasteiger partial charge in [-0.15, -0.1) is 0 Å². The quantitative estimate of drug-likeness (QED) is 0.800. The summed E-state index contributed by atoms with van der Waals surface area (Å²) in [5.74, 6) is 0. The zero-order valence-electron chi connectivity index (χ0n) is 9.09. The minimum absolute atomic E-state index is 0.331. The van der Waals surface area contributed by atoms with Crippen LogP contribution in [0.4, 0.5) is 0 Å². The van der Waals surface area contributed by atoms with E-state index in [1.54, 1.807) is 6.92 Å². The van der Waals surface area contributed by atoms with Crippen LogP contribution in [0.1, 0.15) is 17.7 Å². The highest BCUT2D eigenvalue weighted by atomic mass is 32.2. The Bertz CT molecular complexity index is 444. The molecule has 2 atom stereocenters. The van der Waals surface area contributed by atoms with Crippen molar-refractivity contribution in [1.82, 2.24) is 4.72 Å². The van der Waals surface area contributed by atoms with E-state index < -0.39 is 15.3 Å². The molecule has 0 aliphatic carbocycles. The lowest BCUT2D eigenvalue weighted by atomic mass is 10.1. The minimum Gasteiger partial charge on any atom is -0.375 e. The first-order valence-corrected chi connectivity index (χ1v) is 6.81. The molecule has 0 amide bonds. The van der Waals surface area contributed by atoms with Crippen LogP contribution < -0.4 is 4.72 Å². The van der Waals surface area contributed by atoms with E-state index in [-0.39, 0.29) is 6.10 Å². The number of nitrogens with one attached hydrogen (secondary N) is 1. The predicted molar refractivity (Wildman–Crippen MR) is 61.5 cm³/mol. The summed E-state index contributed by atoms with van der Waals surface area (Å²) in [5.41, 5.74) is 0.768. The first kappa shape index (κ1) is 11.6. The van der Waals surface area contributed by atoms with Crippen molar-refractivity contribution in [3.8, 4) is 0 Å². The van der Waals surface area contributed by atoms with Crippen molar-refractivity contribution in [2.24, 2.45) is 0 Å². The van der Waals surface area contributed by atoms with Crippen LogP contribution >= 0.6 is 0 Å². The van der Waals surface area contributed by atoms with Crippen LogP contribution in [0.2, 0.25) is 0 Å². The van der Waals surface area contributed by atoms with E-state index in [1.807, 2.05) is 30.3 Å². The smallest absolute Gasteiger partial charge is 0.221 e. The fourth-order valence-corrected chi connectivity index (χ4v) is 3.60. The van der Waals surface area contributed by atoms with E-state index >= 15 is 0 Å². The van der Waals surface area contributed by atoms with Crippen LogP contribution in [0.5, 0.6) is 0 Å². The van der Waals surface area contributed by atoms with Crippen LogP contribution in [-0.4, -0.2) is 27.7 Å². The topological polar surface area (TPSA) is 55.4 Å². The third kappa shape index (κ3) is 2.26. The Morgan fingerprint density at radius 1 is 1.31 bits per heavy atom. The Hall–Kier alpha value is -0.910. The summed E-state index contributed by atoms with van der Waals surface area (Å²) >= 11 is 0. The highest BCUT2D eigenvalue weighted by Crippen LogP contribution is 2.28. The number of hydrogen-bond acceptors (Lipinski definition) is 3. The van der Waals surface area contributed by atoms with Crippen molar-refractivity contribution in [3.05, 3.63) is 35.9 Å². The number of benzene rings is 1. The standard InChI is InChI=1S/C11H15NO3S/c1-9-11(10-5-3-2-4-6-10)16(13,14)12-7-8-15-9/h2-6,9,11-12H,7-8H2,1H3/t9-,11+/m0/s1. The monoisotopic (exact) mass is 241 g/mol. The van der Waals surface area contributed by atoms with Crippen molar-refractivity contribution >= 4 is 10.0 Å². The summed E-state index contributed by atoms with van der Waals surface area (Å²) in [6.45, 7) is 2.56. The van der Waals surface area contributed by atoms with Crippen molar-refractivity contribution in [1.29, 1.82) is 0 Å². The van der Waals surface area contributed by atoms with Gasteiger partial charge in [-0.3, -0.25) is 0 Å². The highest BCUT2D eigenvalue weighted by molar-refractivity contribution is 7.89. The van der Waals surface area contributed by atoms with Gasteiger partial charge in [-0.1, -0.05) is 30.3 Å². The van der Waals surface area contributed by atoms with Crippen LogP contribution in [0.15, 0.2) is 30.3 Å². The fourth-order valence-electron chi connectivity index (χ4n) is 1.95. The molecule has 0 aromatic heterocycles. The summed E-state index contributed by atoms with van der Waals surface area (Å²) in [4.78, 5) is 0. The molecule has 88 valence electrons.